The summed E-state index contributed by atoms with van der Waals surface area (Å²) < 4.78 is 30.5. The number of hydrogen-bond acceptors (Lipinski definition) is 7. The van der Waals surface area contributed by atoms with Crippen LogP contribution in [0.3, 0.4) is 0 Å². The molecular weight excluding hydrogens is 388 g/mol. The van der Waals surface area contributed by atoms with Crippen LogP contribution in [0.15, 0.2) is 46.7 Å². The third kappa shape index (κ3) is 3.99. The summed E-state index contributed by atoms with van der Waals surface area (Å²) in [6, 6.07) is 8.85. The highest BCUT2D eigenvalue weighted by Crippen LogP contribution is 2.29. The zero-order valence-electron chi connectivity index (χ0n) is 14.8. The van der Waals surface area contributed by atoms with Gasteiger partial charge in [0, 0.05) is 28.8 Å². The summed E-state index contributed by atoms with van der Waals surface area (Å²) in [5, 5.41) is 13.8. The first-order valence-electron chi connectivity index (χ1n) is 7.90. The van der Waals surface area contributed by atoms with E-state index in [1.54, 1.807) is 26.0 Å². The Morgan fingerprint density at radius 2 is 1.78 bits per heavy atom. The molecule has 0 radical (unpaired) electrons. The number of aryl methyl sites for hydroxylation is 2. The first-order chi connectivity index (χ1) is 12.7. The van der Waals surface area contributed by atoms with E-state index >= 15 is 0 Å². The first kappa shape index (κ1) is 19.0. The van der Waals surface area contributed by atoms with Crippen molar-refractivity contribution in [3.8, 4) is 16.3 Å². The van der Waals surface area contributed by atoms with Crippen LogP contribution in [0.1, 0.15) is 16.8 Å². The molecule has 0 fully saturated rings. The van der Waals surface area contributed by atoms with E-state index < -0.39 is 15.0 Å². The van der Waals surface area contributed by atoms with Gasteiger partial charge in [-0.3, -0.25) is 10.1 Å². The quantitative estimate of drug-likeness (QED) is 0.355. The Morgan fingerprint density at radius 1 is 1.11 bits per heavy atom. The Labute approximate surface area is 160 Å². The molecule has 0 aliphatic carbocycles. The Morgan fingerprint density at radius 3 is 2.33 bits per heavy atom. The van der Waals surface area contributed by atoms with Gasteiger partial charge in [0.2, 0.25) is 0 Å². The maximum Gasteiger partial charge on any atom is 0.339 e. The second-order valence-electron chi connectivity index (χ2n) is 6.00. The molecule has 3 aromatic rings. The molecule has 140 valence electrons. The van der Waals surface area contributed by atoms with E-state index in [0.29, 0.717) is 11.1 Å². The highest BCUT2D eigenvalue weighted by Gasteiger charge is 2.24. The summed E-state index contributed by atoms with van der Waals surface area (Å²) in [5.41, 5.74) is 2.38. The summed E-state index contributed by atoms with van der Waals surface area (Å²) in [4.78, 5) is 14.6. The van der Waals surface area contributed by atoms with Crippen LogP contribution in [0, 0.1) is 30.9 Å². The summed E-state index contributed by atoms with van der Waals surface area (Å²) in [7, 11) is -4.21. The van der Waals surface area contributed by atoms with Gasteiger partial charge in [0.25, 0.3) is 5.69 Å². The Bertz CT molecular complexity index is 1120. The topological polar surface area (TPSA) is 99.4 Å². The third-order valence-electron chi connectivity index (χ3n) is 4.01. The van der Waals surface area contributed by atoms with Crippen molar-refractivity contribution < 1.29 is 17.5 Å². The second-order valence-corrected chi connectivity index (χ2v) is 8.37. The maximum atomic E-state index is 12.7. The predicted octanol–water partition coefficient (Wildman–Crippen LogP) is 4.41. The maximum absolute atomic E-state index is 12.7. The van der Waals surface area contributed by atoms with Crippen molar-refractivity contribution in [2.24, 2.45) is 0 Å². The van der Waals surface area contributed by atoms with Crippen molar-refractivity contribution in [1.82, 2.24) is 4.98 Å². The van der Waals surface area contributed by atoms with Crippen LogP contribution in [0.25, 0.3) is 10.6 Å². The van der Waals surface area contributed by atoms with Gasteiger partial charge in [-0.05, 0) is 56.2 Å². The van der Waals surface area contributed by atoms with Gasteiger partial charge < -0.3 is 4.18 Å². The zero-order valence-corrected chi connectivity index (χ0v) is 16.4. The number of nitro groups is 1. The lowest BCUT2D eigenvalue weighted by atomic mass is 10.1. The van der Waals surface area contributed by atoms with E-state index in [0.717, 1.165) is 22.3 Å². The fourth-order valence-electron chi connectivity index (χ4n) is 2.48. The van der Waals surface area contributed by atoms with Crippen LogP contribution in [-0.4, -0.2) is 18.3 Å². The third-order valence-corrected chi connectivity index (χ3v) is 6.39. The minimum atomic E-state index is -4.21. The molecule has 9 heteroatoms. The van der Waals surface area contributed by atoms with Crippen LogP contribution in [0.2, 0.25) is 0 Å². The molecule has 0 aliphatic rings. The molecule has 0 N–H and O–H groups in total. The smallest absolute Gasteiger partial charge is 0.339 e. The lowest BCUT2D eigenvalue weighted by Gasteiger charge is -2.11. The number of hydrogen-bond donors (Lipinski definition) is 0. The number of aromatic nitrogens is 1. The number of thiazole rings is 1. The standard InChI is InChI=1S/C18H16N2O5S2/c1-11-8-15(20(21)22)9-17(13(11)3)27(23,24)25-16-6-4-14(5-7-16)18-19-12(2)10-26-18/h4-10H,1-3H3. The summed E-state index contributed by atoms with van der Waals surface area (Å²) in [6.45, 7) is 5.10. The zero-order chi connectivity index (χ0) is 19.8. The lowest BCUT2D eigenvalue weighted by Crippen LogP contribution is -2.12. The van der Waals surface area contributed by atoms with Crippen LogP contribution in [-0.2, 0) is 10.1 Å². The molecule has 3 rings (SSSR count). The molecule has 0 saturated heterocycles. The SMILES string of the molecule is Cc1csc(-c2ccc(OS(=O)(=O)c3cc([N+](=O)[O-])cc(C)c3C)cc2)n1. The summed E-state index contributed by atoms with van der Waals surface area (Å²) >= 11 is 1.49. The molecule has 0 spiro atoms. The first-order valence-corrected chi connectivity index (χ1v) is 10.2. The van der Waals surface area contributed by atoms with Crippen LogP contribution < -0.4 is 4.18 Å². The molecule has 0 amide bonds. The van der Waals surface area contributed by atoms with Crippen molar-refractivity contribution in [2.75, 3.05) is 0 Å². The van der Waals surface area contributed by atoms with Crippen LogP contribution >= 0.6 is 11.3 Å². The van der Waals surface area contributed by atoms with Gasteiger partial charge in [0.1, 0.15) is 15.7 Å². The molecular formula is C18H16N2O5S2. The van der Waals surface area contributed by atoms with E-state index in [1.165, 1.54) is 29.5 Å². The average Bonchev–Trinajstić information content (AvgIpc) is 3.03. The molecule has 0 bridgehead atoms. The van der Waals surface area contributed by atoms with Gasteiger partial charge in [0.15, 0.2) is 0 Å². The van der Waals surface area contributed by atoms with Crippen molar-refractivity contribution in [2.45, 2.75) is 25.7 Å². The van der Waals surface area contributed by atoms with Gasteiger partial charge in [-0.1, -0.05) is 0 Å². The van der Waals surface area contributed by atoms with Crippen molar-refractivity contribution in [3.05, 3.63) is 68.7 Å². The number of benzene rings is 2. The van der Waals surface area contributed by atoms with Crippen molar-refractivity contribution in [3.63, 3.8) is 0 Å². The van der Waals surface area contributed by atoms with Crippen LogP contribution in [0.4, 0.5) is 5.69 Å². The minimum Gasteiger partial charge on any atom is -0.379 e. The molecule has 0 atom stereocenters. The Balaban J connectivity index is 1.92. The van der Waals surface area contributed by atoms with E-state index in [-0.39, 0.29) is 16.3 Å². The molecule has 2 aromatic carbocycles. The number of nitrogens with zero attached hydrogens (tertiary/aromatic N) is 2. The van der Waals surface area contributed by atoms with Gasteiger partial charge in [-0.15, -0.1) is 11.3 Å². The minimum absolute atomic E-state index is 0.121. The van der Waals surface area contributed by atoms with E-state index in [2.05, 4.69) is 4.98 Å². The second kappa shape index (κ2) is 7.09. The van der Waals surface area contributed by atoms with Crippen LogP contribution in [0.5, 0.6) is 5.75 Å². The van der Waals surface area contributed by atoms with Crippen molar-refractivity contribution in [1.29, 1.82) is 0 Å². The molecule has 0 saturated carbocycles. The van der Waals surface area contributed by atoms with E-state index in [4.69, 9.17) is 4.18 Å². The Kier molecular flexibility index (Phi) is 4.99. The fourth-order valence-corrected chi connectivity index (χ4v) is 4.54. The summed E-state index contributed by atoms with van der Waals surface area (Å²) in [6.07, 6.45) is 0. The van der Waals surface area contributed by atoms with E-state index in [9.17, 15) is 18.5 Å². The summed E-state index contributed by atoms with van der Waals surface area (Å²) in [5.74, 6) is 0.121. The normalized spacial score (nSPS) is 11.4. The average molecular weight is 404 g/mol. The highest BCUT2D eigenvalue weighted by molar-refractivity contribution is 7.87. The number of rotatable bonds is 5. The molecule has 27 heavy (non-hydrogen) atoms. The lowest BCUT2D eigenvalue weighted by molar-refractivity contribution is -0.385. The number of nitro benzene ring substituents is 1. The van der Waals surface area contributed by atoms with Gasteiger partial charge in [-0.25, -0.2) is 4.98 Å². The Hall–Kier alpha value is -2.78. The monoisotopic (exact) mass is 404 g/mol. The highest BCUT2D eigenvalue weighted by atomic mass is 32.2. The molecule has 1 heterocycles. The van der Waals surface area contributed by atoms with Gasteiger partial charge in [0.05, 0.1) is 4.92 Å². The largest absolute Gasteiger partial charge is 0.379 e. The van der Waals surface area contributed by atoms with E-state index in [1.807, 2.05) is 12.3 Å². The molecule has 7 nitrogen and oxygen atoms in total. The van der Waals surface area contributed by atoms with Gasteiger partial charge >= 0.3 is 10.1 Å². The number of non-ortho nitro benzene ring substituents is 1. The molecule has 0 unspecified atom stereocenters. The fraction of sp³-hybridized carbons (Fsp3) is 0.167. The van der Waals surface area contributed by atoms with Gasteiger partial charge in [-0.2, -0.15) is 8.42 Å². The predicted molar refractivity (Wildman–Crippen MR) is 103 cm³/mol. The molecule has 1 aromatic heterocycles. The van der Waals surface area contributed by atoms with Crippen molar-refractivity contribution >= 4 is 27.1 Å². The molecule has 0 aliphatic heterocycles.